The van der Waals surface area contributed by atoms with Crippen molar-refractivity contribution in [3.8, 4) is 17.2 Å². The van der Waals surface area contributed by atoms with E-state index in [1.54, 1.807) is 42.9 Å². The zero-order chi connectivity index (χ0) is 34.5. The molecule has 1 aliphatic rings. The van der Waals surface area contributed by atoms with Crippen molar-refractivity contribution in [2.75, 3.05) is 20.3 Å². The number of nitrogens with zero attached hydrogens (tertiary/aromatic N) is 2. The van der Waals surface area contributed by atoms with Crippen LogP contribution in [0.15, 0.2) is 106 Å². The number of carbonyl (C=O) groups excluding carboxylic acids is 1. The van der Waals surface area contributed by atoms with E-state index in [-0.39, 0.29) is 24.3 Å². The van der Waals surface area contributed by atoms with Crippen LogP contribution in [-0.2, 0) is 16.1 Å². The number of fused-ring (bicyclic) bond motifs is 1. The first-order valence-corrected chi connectivity index (χ1v) is 17.1. The van der Waals surface area contributed by atoms with Crippen molar-refractivity contribution in [1.29, 1.82) is 0 Å². The molecular formula is C38H32Cl2N2O6S. The molecule has 0 saturated heterocycles. The van der Waals surface area contributed by atoms with E-state index in [0.717, 1.165) is 11.1 Å². The molecule has 0 saturated carbocycles. The third-order valence-electron chi connectivity index (χ3n) is 7.76. The van der Waals surface area contributed by atoms with Crippen molar-refractivity contribution in [3.05, 3.63) is 149 Å². The minimum Gasteiger partial charge on any atom is -0.494 e. The molecule has 6 rings (SSSR count). The molecule has 0 unspecified atom stereocenters. The summed E-state index contributed by atoms with van der Waals surface area (Å²) in [6.45, 7) is 4.50. The largest absolute Gasteiger partial charge is 0.494 e. The number of ether oxygens (including phenoxy) is 4. The van der Waals surface area contributed by atoms with Gasteiger partial charge in [0.15, 0.2) is 16.3 Å². The third-order valence-corrected chi connectivity index (χ3v) is 9.49. The quantitative estimate of drug-likeness (QED) is 0.134. The number of hydrogen-bond acceptors (Lipinski definition) is 8. The Labute approximate surface area is 297 Å². The minimum atomic E-state index is -0.820. The van der Waals surface area contributed by atoms with Crippen LogP contribution in [-0.4, -0.2) is 30.9 Å². The smallest absolute Gasteiger partial charge is 0.338 e. The van der Waals surface area contributed by atoms with Gasteiger partial charge in [-0.2, -0.15) is 0 Å². The van der Waals surface area contributed by atoms with Crippen LogP contribution >= 0.6 is 34.5 Å². The van der Waals surface area contributed by atoms with E-state index < -0.39 is 12.0 Å². The molecule has 1 atom stereocenters. The van der Waals surface area contributed by atoms with Gasteiger partial charge < -0.3 is 18.9 Å². The average molecular weight is 716 g/mol. The molecule has 5 aromatic rings. The van der Waals surface area contributed by atoms with Gasteiger partial charge in [-0.15, -0.1) is 0 Å². The molecule has 0 N–H and O–H groups in total. The van der Waals surface area contributed by atoms with E-state index in [1.165, 1.54) is 11.3 Å². The van der Waals surface area contributed by atoms with Crippen molar-refractivity contribution in [2.45, 2.75) is 26.5 Å². The molecule has 0 aliphatic carbocycles. The Bertz CT molecular complexity index is 2210. The van der Waals surface area contributed by atoms with Crippen LogP contribution in [0.4, 0.5) is 0 Å². The van der Waals surface area contributed by atoms with E-state index in [2.05, 4.69) is 0 Å². The summed E-state index contributed by atoms with van der Waals surface area (Å²) in [5.74, 6) is 1.06. The highest BCUT2D eigenvalue weighted by molar-refractivity contribution is 7.07. The van der Waals surface area contributed by atoms with Crippen LogP contribution in [0, 0.1) is 0 Å². The van der Waals surface area contributed by atoms with Gasteiger partial charge in [-0.05, 0) is 61.4 Å². The number of halogens is 2. The number of hydrogen-bond donors (Lipinski definition) is 0. The van der Waals surface area contributed by atoms with Crippen LogP contribution in [0.2, 0.25) is 10.0 Å². The standard InChI is InChI=1S/C38H32Cl2N2O6S/c1-4-46-27-17-15-25(16-18-27)34-32(37(44)47-5-2)33(24-10-7-6-8-11-24)41-38-42(34)36(43)31(49-38)21-26-12-9-13-30(45-3)35(26)48-22-23-14-19-28(39)29(40)20-23/h6-21,34H,4-5,22H2,1-3H3/b31-21-/t34-/m0/s1. The predicted octanol–water partition coefficient (Wildman–Crippen LogP) is 7.23. The number of benzene rings is 4. The number of esters is 1. The number of rotatable bonds is 11. The molecule has 8 nitrogen and oxygen atoms in total. The van der Waals surface area contributed by atoms with Crippen LogP contribution in [0.3, 0.4) is 0 Å². The van der Waals surface area contributed by atoms with Crippen LogP contribution < -0.4 is 29.1 Å². The lowest BCUT2D eigenvalue weighted by molar-refractivity contribution is -0.138. The molecule has 1 aromatic heterocycles. The highest BCUT2D eigenvalue weighted by Gasteiger charge is 2.35. The Morgan fingerprint density at radius 1 is 0.918 bits per heavy atom. The van der Waals surface area contributed by atoms with Gasteiger partial charge >= 0.3 is 5.97 Å². The second kappa shape index (κ2) is 15.2. The number of carbonyl (C=O) groups is 1. The highest BCUT2D eigenvalue weighted by Crippen LogP contribution is 2.36. The van der Waals surface area contributed by atoms with E-state index in [0.29, 0.717) is 60.1 Å². The summed E-state index contributed by atoms with van der Waals surface area (Å²) in [6.07, 6.45) is 1.75. The van der Waals surface area contributed by atoms with Gasteiger partial charge in [0, 0.05) is 11.1 Å². The molecule has 1 aliphatic heterocycles. The zero-order valence-electron chi connectivity index (χ0n) is 26.9. The predicted molar refractivity (Wildman–Crippen MR) is 192 cm³/mol. The van der Waals surface area contributed by atoms with E-state index in [1.807, 2.05) is 79.7 Å². The average Bonchev–Trinajstić information content (AvgIpc) is 3.43. The summed E-state index contributed by atoms with van der Waals surface area (Å²) in [5, 5.41) is 0.868. The summed E-state index contributed by atoms with van der Waals surface area (Å²) in [5.41, 5.74) is 3.24. The highest BCUT2D eigenvalue weighted by atomic mass is 35.5. The second-order valence-electron chi connectivity index (χ2n) is 10.8. The molecule has 11 heteroatoms. The molecule has 49 heavy (non-hydrogen) atoms. The SMILES string of the molecule is CCOC(=O)C1=C(c2ccccc2)N=c2s/c(=C\c3cccc(OC)c3OCc3ccc(Cl)c(Cl)c3)c(=O)n2[C@H]1c1ccc(OCC)cc1. The van der Waals surface area contributed by atoms with Crippen molar-refractivity contribution in [3.63, 3.8) is 0 Å². The normalized spacial score (nSPS) is 14.2. The first-order chi connectivity index (χ1) is 23.8. The van der Waals surface area contributed by atoms with Gasteiger partial charge in [-0.25, -0.2) is 9.79 Å². The Kier molecular flexibility index (Phi) is 10.5. The van der Waals surface area contributed by atoms with Crippen molar-refractivity contribution >= 4 is 52.3 Å². The first kappa shape index (κ1) is 34.0. The molecule has 0 fully saturated rings. The van der Waals surface area contributed by atoms with E-state index in [4.69, 9.17) is 47.1 Å². The summed E-state index contributed by atoms with van der Waals surface area (Å²) in [6, 6.07) is 26.7. The van der Waals surface area contributed by atoms with Gasteiger partial charge in [0.2, 0.25) is 0 Å². The van der Waals surface area contributed by atoms with Gasteiger partial charge in [0.05, 0.1) is 52.2 Å². The molecule has 2 heterocycles. The Morgan fingerprint density at radius 3 is 2.39 bits per heavy atom. The van der Waals surface area contributed by atoms with E-state index in [9.17, 15) is 9.59 Å². The summed E-state index contributed by atoms with van der Waals surface area (Å²) in [4.78, 5) is 33.6. The fourth-order valence-corrected chi connectivity index (χ4v) is 6.87. The summed E-state index contributed by atoms with van der Waals surface area (Å²) in [7, 11) is 1.55. The van der Waals surface area contributed by atoms with Gasteiger partial charge in [0.1, 0.15) is 12.4 Å². The molecule has 250 valence electrons. The Hall–Kier alpha value is -4.83. The van der Waals surface area contributed by atoms with Gasteiger partial charge in [-0.3, -0.25) is 9.36 Å². The summed E-state index contributed by atoms with van der Waals surface area (Å²) < 4.78 is 25.1. The lowest BCUT2D eigenvalue weighted by atomic mass is 9.93. The number of para-hydroxylation sites is 1. The maximum Gasteiger partial charge on any atom is 0.338 e. The molecule has 0 amide bonds. The zero-order valence-corrected chi connectivity index (χ0v) is 29.3. The second-order valence-corrected chi connectivity index (χ2v) is 12.7. The molecule has 0 bridgehead atoms. The van der Waals surface area contributed by atoms with Crippen molar-refractivity contribution < 1.29 is 23.7 Å². The maximum absolute atomic E-state index is 14.4. The van der Waals surface area contributed by atoms with Crippen LogP contribution in [0.5, 0.6) is 17.2 Å². The number of methoxy groups -OCH3 is 1. The lowest BCUT2D eigenvalue weighted by Crippen LogP contribution is -2.40. The topological polar surface area (TPSA) is 88.4 Å². The van der Waals surface area contributed by atoms with Crippen LogP contribution in [0.1, 0.15) is 42.1 Å². The number of aromatic nitrogens is 1. The Balaban J connectivity index is 1.53. The van der Waals surface area contributed by atoms with Crippen LogP contribution in [0.25, 0.3) is 11.8 Å². The van der Waals surface area contributed by atoms with Gasteiger partial charge in [0.25, 0.3) is 5.56 Å². The molecule has 0 radical (unpaired) electrons. The number of thiazole rings is 1. The van der Waals surface area contributed by atoms with Crippen molar-refractivity contribution in [1.82, 2.24) is 4.57 Å². The van der Waals surface area contributed by atoms with Gasteiger partial charge in [-0.1, -0.05) is 95.2 Å². The summed E-state index contributed by atoms with van der Waals surface area (Å²) >= 11 is 13.6. The van der Waals surface area contributed by atoms with Crippen molar-refractivity contribution in [2.24, 2.45) is 4.99 Å². The monoisotopic (exact) mass is 714 g/mol. The Morgan fingerprint density at radius 2 is 1.69 bits per heavy atom. The lowest BCUT2D eigenvalue weighted by Gasteiger charge is -2.26. The third kappa shape index (κ3) is 7.15. The fourth-order valence-electron chi connectivity index (χ4n) is 5.56. The first-order valence-electron chi connectivity index (χ1n) is 15.6. The molecule has 0 spiro atoms. The fraction of sp³-hybridized carbons (Fsp3) is 0.184. The van der Waals surface area contributed by atoms with E-state index >= 15 is 0 Å². The molecular weight excluding hydrogens is 683 g/mol. The maximum atomic E-state index is 14.4. The molecule has 4 aromatic carbocycles. The minimum absolute atomic E-state index is 0.158.